The first-order valence-electron chi connectivity index (χ1n) is 7.55. The van der Waals surface area contributed by atoms with Crippen LogP contribution in [0.1, 0.15) is 45.4 Å². The van der Waals surface area contributed by atoms with Gasteiger partial charge in [0.2, 0.25) is 0 Å². The predicted octanol–water partition coefficient (Wildman–Crippen LogP) is 1.18. The fraction of sp³-hybridized carbons (Fsp3) is 1.00. The minimum absolute atomic E-state index is 0.0824. The van der Waals surface area contributed by atoms with E-state index in [-0.39, 0.29) is 12.1 Å². The number of aliphatic hydroxyl groups is 1. The summed E-state index contributed by atoms with van der Waals surface area (Å²) in [4.78, 5) is 0. The van der Waals surface area contributed by atoms with Crippen molar-refractivity contribution in [2.24, 2.45) is 17.3 Å². The molecule has 6 heteroatoms. The number of hydrogen-bond donors (Lipinski definition) is 3. The highest BCUT2D eigenvalue weighted by molar-refractivity contribution is 7.85. The molecule has 116 valence electrons. The predicted molar refractivity (Wildman–Crippen MR) is 75.9 cm³/mol. The highest BCUT2D eigenvalue weighted by Crippen LogP contribution is 2.61. The van der Waals surface area contributed by atoms with Gasteiger partial charge in [-0.1, -0.05) is 6.92 Å². The summed E-state index contributed by atoms with van der Waals surface area (Å²) in [5.74, 6) is 0.986. The van der Waals surface area contributed by atoms with E-state index in [4.69, 9.17) is 4.55 Å². The van der Waals surface area contributed by atoms with Crippen molar-refractivity contribution in [2.45, 2.75) is 57.1 Å². The summed E-state index contributed by atoms with van der Waals surface area (Å²) >= 11 is 0. The van der Waals surface area contributed by atoms with E-state index >= 15 is 0 Å². The molecule has 4 aliphatic carbocycles. The van der Waals surface area contributed by atoms with Gasteiger partial charge in [-0.05, 0) is 55.8 Å². The van der Waals surface area contributed by atoms with Crippen molar-refractivity contribution in [1.82, 2.24) is 5.32 Å². The fourth-order valence-corrected chi connectivity index (χ4v) is 6.17. The molecule has 4 fully saturated rings. The zero-order chi connectivity index (χ0) is 14.6. The van der Waals surface area contributed by atoms with Crippen LogP contribution in [0.4, 0.5) is 0 Å². The Kier molecular flexibility index (Phi) is 3.44. The molecule has 4 bridgehead atoms. The molecule has 0 amide bonds. The molecule has 4 rings (SSSR count). The van der Waals surface area contributed by atoms with Crippen LogP contribution < -0.4 is 5.32 Å². The molecule has 3 N–H and O–H groups in total. The number of aliphatic hydroxyl groups excluding tert-OH is 1. The topological polar surface area (TPSA) is 86.6 Å². The average Bonchev–Trinajstić information content (AvgIpc) is 2.20. The molecule has 0 aromatic carbocycles. The average molecular weight is 303 g/mol. The lowest BCUT2D eigenvalue weighted by Gasteiger charge is -2.61. The number of rotatable bonds is 5. The fourth-order valence-electron chi connectivity index (χ4n) is 5.56. The molecular weight excluding hydrogens is 278 g/mol. The molecule has 0 aliphatic heterocycles. The van der Waals surface area contributed by atoms with Gasteiger partial charge in [-0.15, -0.1) is 0 Å². The van der Waals surface area contributed by atoms with Crippen molar-refractivity contribution < 1.29 is 18.1 Å². The van der Waals surface area contributed by atoms with Gasteiger partial charge in [-0.25, -0.2) is 0 Å². The van der Waals surface area contributed by atoms with Crippen LogP contribution in [0.25, 0.3) is 0 Å². The SMILES string of the molecule is CC12C[C@H]3C[C@@H](C1)CC(NCC(O)CS(=O)(=O)O)(C3)C2. The highest BCUT2D eigenvalue weighted by atomic mass is 32.2. The molecule has 3 unspecified atom stereocenters. The van der Waals surface area contributed by atoms with E-state index < -0.39 is 22.0 Å². The zero-order valence-electron chi connectivity index (χ0n) is 12.0. The number of hydrogen-bond acceptors (Lipinski definition) is 4. The van der Waals surface area contributed by atoms with Gasteiger partial charge in [0.25, 0.3) is 10.1 Å². The van der Waals surface area contributed by atoms with Crippen molar-refractivity contribution in [3.8, 4) is 0 Å². The quantitative estimate of drug-likeness (QED) is 0.664. The minimum Gasteiger partial charge on any atom is -0.391 e. The molecule has 20 heavy (non-hydrogen) atoms. The highest BCUT2D eigenvalue weighted by Gasteiger charge is 2.55. The van der Waals surface area contributed by atoms with E-state index in [1.807, 2.05) is 0 Å². The van der Waals surface area contributed by atoms with Crippen LogP contribution in [-0.2, 0) is 10.1 Å². The molecule has 0 spiro atoms. The van der Waals surface area contributed by atoms with Gasteiger partial charge < -0.3 is 10.4 Å². The van der Waals surface area contributed by atoms with Crippen LogP contribution in [0.5, 0.6) is 0 Å². The Balaban J connectivity index is 1.63. The van der Waals surface area contributed by atoms with Gasteiger partial charge in [0, 0.05) is 12.1 Å². The molecule has 5 atom stereocenters. The van der Waals surface area contributed by atoms with Gasteiger partial charge in [0.1, 0.15) is 5.75 Å². The van der Waals surface area contributed by atoms with Crippen LogP contribution in [-0.4, -0.2) is 42.0 Å². The smallest absolute Gasteiger partial charge is 0.267 e. The maximum Gasteiger partial charge on any atom is 0.267 e. The van der Waals surface area contributed by atoms with Crippen LogP contribution in [0, 0.1) is 17.3 Å². The molecule has 0 radical (unpaired) electrons. The first kappa shape index (κ1) is 14.8. The minimum atomic E-state index is -4.10. The monoisotopic (exact) mass is 303 g/mol. The van der Waals surface area contributed by atoms with Crippen LogP contribution >= 0.6 is 0 Å². The van der Waals surface area contributed by atoms with Crippen LogP contribution in [0.2, 0.25) is 0 Å². The Morgan fingerprint density at radius 1 is 1.25 bits per heavy atom. The van der Waals surface area contributed by atoms with Gasteiger partial charge in [-0.2, -0.15) is 8.42 Å². The first-order chi connectivity index (χ1) is 9.17. The van der Waals surface area contributed by atoms with Gasteiger partial charge in [-0.3, -0.25) is 4.55 Å². The summed E-state index contributed by atoms with van der Waals surface area (Å²) in [6.45, 7) is 2.62. The van der Waals surface area contributed by atoms with Crippen molar-refractivity contribution in [1.29, 1.82) is 0 Å². The molecule has 0 heterocycles. The van der Waals surface area contributed by atoms with E-state index in [1.54, 1.807) is 0 Å². The first-order valence-corrected chi connectivity index (χ1v) is 9.16. The summed E-state index contributed by atoms with van der Waals surface area (Å²) in [5, 5.41) is 13.2. The molecule has 4 aliphatic rings. The summed E-state index contributed by atoms with van der Waals surface area (Å²) in [6, 6.07) is 0. The third-order valence-electron chi connectivity index (χ3n) is 5.47. The lowest BCUT2D eigenvalue weighted by Crippen LogP contribution is -2.62. The zero-order valence-corrected chi connectivity index (χ0v) is 12.8. The Morgan fingerprint density at radius 3 is 2.35 bits per heavy atom. The molecule has 0 aromatic heterocycles. The summed E-state index contributed by atoms with van der Waals surface area (Å²) in [5.41, 5.74) is 0.504. The van der Waals surface area contributed by atoms with Crippen LogP contribution in [0.3, 0.4) is 0 Å². The Hall–Kier alpha value is -0.170. The van der Waals surface area contributed by atoms with Crippen molar-refractivity contribution >= 4 is 10.1 Å². The Morgan fingerprint density at radius 2 is 1.85 bits per heavy atom. The van der Waals surface area contributed by atoms with E-state index in [9.17, 15) is 13.5 Å². The summed E-state index contributed by atoms with van der Waals surface area (Å²) in [7, 11) is -4.10. The normalized spacial score (nSPS) is 44.8. The molecule has 0 aromatic rings. The third kappa shape index (κ3) is 3.03. The Labute approximate surface area is 120 Å². The van der Waals surface area contributed by atoms with Crippen molar-refractivity contribution in [3.63, 3.8) is 0 Å². The lowest BCUT2D eigenvalue weighted by atomic mass is 9.47. The second kappa shape index (κ2) is 4.66. The van der Waals surface area contributed by atoms with Gasteiger partial charge in [0.15, 0.2) is 0 Å². The van der Waals surface area contributed by atoms with Gasteiger partial charge >= 0.3 is 0 Å². The molecule has 4 saturated carbocycles. The van der Waals surface area contributed by atoms with E-state index in [0.717, 1.165) is 31.1 Å². The largest absolute Gasteiger partial charge is 0.391 e. The number of nitrogens with one attached hydrogen (secondary N) is 1. The molecule has 5 nitrogen and oxygen atoms in total. The van der Waals surface area contributed by atoms with E-state index in [1.165, 1.54) is 19.3 Å². The Bertz CT molecular complexity index is 475. The molecule has 0 saturated heterocycles. The lowest BCUT2D eigenvalue weighted by molar-refractivity contribution is -0.0743. The number of β-amino-alcohol motifs (C(OH)–C–C–N with tert-alkyl or cyclic N) is 1. The second-order valence-corrected chi connectivity index (χ2v) is 9.33. The second-order valence-electron chi connectivity index (χ2n) is 7.84. The maximum absolute atomic E-state index is 10.8. The van der Waals surface area contributed by atoms with Crippen molar-refractivity contribution in [2.75, 3.05) is 12.3 Å². The summed E-state index contributed by atoms with van der Waals surface area (Å²) < 4.78 is 30.3. The van der Waals surface area contributed by atoms with E-state index in [2.05, 4.69) is 12.2 Å². The molecular formula is C14H25NO4S. The summed E-state index contributed by atoms with van der Waals surface area (Å²) in [6.07, 6.45) is 6.37. The maximum atomic E-state index is 10.8. The van der Waals surface area contributed by atoms with Crippen LogP contribution in [0.15, 0.2) is 0 Å². The van der Waals surface area contributed by atoms with E-state index in [0.29, 0.717) is 5.41 Å². The van der Waals surface area contributed by atoms with Crippen molar-refractivity contribution in [3.05, 3.63) is 0 Å². The van der Waals surface area contributed by atoms with Gasteiger partial charge in [0.05, 0.1) is 6.10 Å². The third-order valence-corrected chi connectivity index (χ3v) is 6.28. The standard InChI is InChI=1S/C14H25NO4S/c1-13-3-10-2-11(4-13)6-14(5-10,9-13)15-7-12(16)8-20(17,18)19/h10-12,15-16H,2-9H2,1H3,(H,17,18,19)/t10-,11+,12?,13?,14?.